The molecule has 196 valence electrons. The van der Waals surface area contributed by atoms with Gasteiger partial charge >= 0.3 is 6.09 Å². The molecule has 3 heterocycles. The van der Waals surface area contributed by atoms with Crippen molar-refractivity contribution in [1.29, 1.82) is 0 Å². The molecule has 3 aromatic rings. The van der Waals surface area contributed by atoms with Crippen molar-refractivity contribution >= 4 is 45.9 Å². The van der Waals surface area contributed by atoms with E-state index in [1.165, 1.54) is 12.1 Å². The van der Waals surface area contributed by atoms with Gasteiger partial charge in [0, 0.05) is 36.1 Å². The fourth-order valence-electron chi connectivity index (χ4n) is 4.48. The number of rotatable bonds is 4. The number of benzene rings is 2. The van der Waals surface area contributed by atoms with Crippen molar-refractivity contribution in [3.05, 3.63) is 57.5 Å². The number of hydrogen-bond donors (Lipinski definition) is 1. The summed E-state index contributed by atoms with van der Waals surface area (Å²) in [5.41, 5.74) is 1.51. The van der Waals surface area contributed by atoms with Crippen molar-refractivity contribution in [2.24, 2.45) is 4.99 Å². The number of fused-ring (bicyclic) bond motifs is 2. The number of nitrogens with one attached hydrogen (secondary N) is 1. The quantitative estimate of drug-likeness (QED) is 0.424. The number of ether oxygens (including phenoxy) is 3. The van der Waals surface area contributed by atoms with Crippen LogP contribution in [0.3, 0.4) is 0 Å². The van der Waals surface area contributed by atoms with Gasteiger partial charge in [-0.05, 0) is 45.4 Å². The molecule has 0 bridgehead atoms. The summed E-state index contributed by atoms with van der Waals surface area (Å²) in [4.78, 5) is 21.3. The SMILES string of the molecule is CC(C)(C)OC(=O)NCC1COc2cc3c(cc21)/c(=N/c1ccc(Cl)c(Cl)c1F)ncn3[C@H]1CCOC1. The highest BCUT2D eigenvalue weighted by atomic mass is 35.5. The Bertz CT molecular complexity index is 1430. The van der Waals surface area contributed by atoms with Crippen molar-refractivity contribution in [2.45, 2.75) is 44.8 Å². The fourth-order valence-corrected chi connectivity index (χ4v) is 4.78. The summed E-state index contributed by atoms with van der Waals surface area (Å²) in [5, 5.41) is 3.45. The van der Waals surface area contributed by atoms with Gasteiger partial charge in [-0.1, -0.05) is 23.2 Å². The van der Waals surface area contributed by atoms with Crippen LogP contribution in [0.15, 0.2) is 35.6 Å². The van der Waals surface area contributed by atoms with Crippen LogP contribution >= 0.6 is 23.2 Å². The van der Waals surface area contributed by atoms with E-state index in [0.29, 0.717) is 43.0 Å². The van der Waals surface area contributed by atoms with Crippen LogP contribution in [0.2, 0.25) is 10.0 Å². The maximum Gasteiger partial charge on any atom is 0.407 e. The maximum atomic E-state index is 14.8. The van der Waals surface area contributed by atoms with Crippen LogP contribution < -0.4 is 15.5 Å². The molecule has 1 N–H and O–H groups in total. The van der Waals surface area contributed by atoms with Crippen molar-refractivity contribution in [2.75, 3.05) is 26.4 Å². The average Bonchev–Trinajstić information content (AvgIpc) is 3.51. The fraction of sp³-hybridized carbons (Fsp3) is 0.423. The van der Waals surface area contributed by atoms with E-state index in [1.54, 1.807) is 6.33 Å². The second kappa shape index (κ2) is 10.1. The van der Waals surface area contributed by atoms with Crippen molar-refractivity contribution in [1.82, 2.24) is 14.9 Å². The summed E-state index contributed by atoms with van der Waals surface area (Å²) in [6.45, 7) is 7.40. The van der Waals surface area contributed by atoms with Gasteiger partial charge in [0.1, 0.15) is 17.0 Å². The lowest BCUT2D eigenvalue weighted by Gasteiger charge is -2.20. The number of aromatic nitrogens is 2. The number of nitrogens with zero attached hydrogens (tertiary/aromatic N) is 3. The molecule has 0 radical (unpaired) electrons. The normalized spacial score (nSPS) is 19.7. The molecule has 2 aromatic carbocycles. The van der Waals surface area contributed by atoms with Crippen LogP contribution in [0.1, 0.15) is 44.7 Å². The number of amides is 1. The highest BCUT2D eigenvalue weighted by Crippen LogP contribution is 2.37. The molecular weight excluding hydrogens is 522 g/mol. The van der Waals surface area contributed by atoms with E-state index in [2.05, 4.69) is 15.3 Å². The van der Waals surface area contributed by atoms with Crippen molar-refractivity contribution < 1.29 is 23.4 Å². The second-order valence-electron chi connectivity index (χ2n) is 10.1. The highest BCUT2D eigenvalue weighted by Gasteiger charge is 2.28. The molecular formula is C26H27Cl2FN4O4. The standard InChI is InChI=1S/C26H27Cl2FN4O4/c1-26(2,3)37-25(34)30-10-14-11-36-21-9-20-17(8-16(14)21)24(31-13-33(20)15-6-7-35-12-15)32-19-5-4-18(27)22(28)23(19)29/h4-5,8-9,13-15H,6-7,10-12H2,1-3H3,(H,30,34)/b32-24-/t14?,15-/m0/s1. The van der Waals surface area contributed by atoms with Gasteiger partial charge in [0.15, 0.2) is 11.3 Å². The van der Waals surface area contributed by atoms with Crippen molar-refractivity contribution in [3.63, 3.8) is 0 Å². The van der Waals surface area contributed by atoms with E-state index in [9.17, 15) is 9.18 Å². The van der Waals surface area contributed by atoms with E-state index in [4.69, 9.17) is 37.4 Å². The number of carbonyl (C=O) groups excluding carboxylic acids is 1. The minimum atomic E-state index is -0.714. The monoisotopic (exact) mass is 548 g/mol. The van der Waals surface area contributed by atoms with Crippen molar-refractivity contribution in [3.8, 4) is 5.75 Å². The topological polar surface area (TPSA) is 87.0 Å². The van der Waals surface area contributed by atoms with Crippen LogP contribution in [0.4, 0.5) is 14.9 Å². The Morgan fingerprint density at radius 3 is 2.84 bits per heavy atom. The van der Waals surface area contributed by atoms with E-state index in [0.717, 1.165) is 17.5 Å². The summed E-state index contributed by atoms with van der Waals surface area (Å²) in [6.07, 6.45) is 2.05. The summed E-state index contributed by atoms with van der Waals surface area (Å²) in [6, 6.07) is 6.97. The predicted octanol–water partition coefficient (Wildman–Crippen LogP) is 5.68. The second-order valence-corrected chi connectivity index (χ2v) is 10.9. The Labute approximate surface area is 223 Å². The third kappa shape index (κ3) is 5.39. The first-order valence-electron chi connectivity index (χ1n) is 12.0. The molecule has 2 aliphatic rings. The maximum absolute atomic E-state index is 14.8. The first kappa shape index (κ1) is 25.8. The van der Waals surface area contributed by atoms with Gasteiger partial charge in [-0.3, -0.25) is 0 Å². The van der Waals surface area contributed by atoms with Crippen LogP contribution in [0.25, 0.3) is 10.9 Å². The first-order valence-corrected chi connectivity index (χ1v) is 12.8. The number of carbonyl (C=O) groups is 1. The van der Waals surface area contributed by atoms with Gasteiger partial charge in [-0.2, -0.15) is 0 Å². The summed E-state index contributed by atoms with van der Waals surface area (Å²) >= 11 is 12.0. The van der Waals surface area contributed by atoms with Gasteiger partial charge in [-0.15, -0.1) is 0 Å². The summed E-state index contributed by atoms with van der Waals surface area (Å²) in [7, 11) is 0. The molecule has 5 rings (SSSR count). The number of hydrogen-bond acceptors (Lipinski definition) is 6. The van der Waals surface area contributed by atoms with Gasteiger partial charge in [0.05, 0.1) is 41.1 Å². The zero-order chi connectivity index (χ0) is 26.3. The molecule has 2 aliphatic heterocycles. The smallest absolute Gasteiger partial charge is 0.407 e. The largest absolute Gasteiger partial charge is 0.493 e. The third-order valence-corrected chi connectivity index (χ3v) is 7.04. The minimum Gasteiger partial charge on any atom is -0.493 e. The summed E-state index contributed by atoms with van der Waals surface area (Å²) in [5.74, 6) is -0.104. The predicted molar refractivity (Wildman–Crippen MR) is 138 cm³/mol. The van der Waals surface area contributed by atoms with Crippen LogP contribution in [-0.4, -0.2) is 47.6 Å². The van der Waals surface area contributed by atoms with E-state index >= 15 is 0 Å². The molecule has 0 spiro atoms. The van der Waals surface area contributed by atoms with Crippen LogP contribution in [0.5, 0.6) is 5.75 Å². The van der Waals surface area contributed by atoms with E-state index in [1.807, 2.05) is 37.5 Å². The van der Waals surface area contributed by atoms with Crippen LogP contribution in [-0.2, 0) is 9.47 Å². The van der Waals surface area contributed by atoms with Gasteiger partial charge in [0.25, 0.3) is 0 Å². The zero-order valence-electron chi connectivity index (χ0n) is 20.7. The lowest BCUT2D eigenvalue weighted by molar-refractivity contribution is 0.0523. The van der Waals surface area contributed by atoms with E-state index in [-0.39, 0.29) is 27.7 Å². The molecule has 2 atom stereocenters. The Morgan fingerprint density at radius 1 is 1.30 bits per heavy atom. The Balaban J connectivity index is 1.58. The van der Waals surface area contributed by atoms with Gasteiger partial charge in [0.2, 0.25) is 0 Å². The number of alkyl carbamates (subject to hydrolysis) is 1. The molecule has 11 heteroatoms. The average molecular weight is 549 g/mol. The lowest BCUT2D eigenvalue weighted by Crippen LogP contribution is -2.35. The Morgan fingerprint density at radius 2 is 2.11 bits per heavy atom. The first-order chi connectivity index (χ1) is 17.6. The number of halogens is 3. The Kier molecular flexibility index (Phi) is 7.04. The van der Waals surface area contributed by atoms with E-state index < -0.39 is 17.5 Å². The molecule has 8 nitrogen and oxygen atoms in total. The molecule has 1 unspecified atom stereocenters. The molecule has 1 amide bonds. The molecule has 1 saturated heterocycles. The molecule has 0 saturated carbocycles. The lowest BCUT2D eigenvalue weighted by atomic mass is 9.99. The van der Waals surface area contributed by atoms with Gasteiger partial charge < -0.3 is 24.1 Å². The third-order valence-electron chi connectivity index (χ3n) is 6.26. The molecule has 1 fully saturated rings. The molecule has 37 heavy (non-hydrogen) atoms. The van der Waals surface area contributed by atoms with Crippen LogP contribution in [0, 0.1) is 5.82 Å². The minimum absolute atomic E-state index is 0.0324. The summed E-state index contributed by atoms with van der Waals surface area (Å²) < 4.78 is 33.8. The molecule has 0 aliphatic carbocycles. The van der Waals surface area contributed by atoms with Gasteiger partial charge in [-0.25, -0.2) is 19.2 Å². The molecule has 1 aromatic heterocycles. The highest BCUT2D eigenvalue weighted by molar-refractivity contribution is 6.42. The Hall–Kier alpha value is -2.88. The zero-order valence-corrected chi connectivity index (χ0v) is 22.2.